The van der Waals surface area contributed by atoms with Gasteiger partial charge >= 0.3 is 6.85 Å². The summed E-state index contributed by atoms with van der Waals surface area (Å²) in [5, 5.41) is 5.26. The van der Waals surface area contributed by atoms with Crippen LogP contribution < -0.4 is 10.4 Å². The predicted octanol–water partition coefficient (Wildman–Crippen LogP) is 15.4. The van der Waals surface area contributed by atoms with E-state index in [1.54, 1.807) is 5.56 Å². The Bertz CT molecular complexity index is 3420. The number of benzene rings is 7. The number of hydrogen-bond acceptors (Lipinski definition) is 1. The van der Waals surface area contributed by atoms with Crippen molar-refractivity contribution in [3.8, 4) is 22.3 Å². The van der Waals surface area contributed by atoms with Crippen molar-refractivity contribution in [2.75, 3.05) is 4.90 Å². The van der Waals surface area contributed by atoms with Gasteiger partial charge in [0.25, 0.3) is 0 Å². The first-order chi connectivity index (χ1) is 30.5. The monoisotopic (exact) mass is 830 g/mol. The summed E-state index contributed by atoms with van der Waals surface area (Å²) >= 11 is 0. The third kappa shape index (κ3) is 4.94. The number of hydrogen-bond donors (Lipinski definition) is 0. The molecule has 0 spiro atoms. The first-order valence-electron chi connectivity index (χ1n) is 24.1. The highest BCUT2D eigenvalue weighted by Crippen LogP contribution is 2.60. The molecule has 0 N–H and O–H groups in total. The smallest absolute Gasteiger partial charge is 0.329 e. The van der Waals surface area contributed by atoms with Crippen LogP contribution in [0.2, 0.25) is 0 Å². The molecule has 13 rings (SSSR count). The molecule has 5 aliphatic rings. The summed E-state index contributed by atoms with van der Waals surface area (Å²) in [4.78, 5) is 2.77. The molecule has 7 aromatic carbocycles. The van der Waals surface area contributed by atoms with Gasteiger partial charge in [-0.2, -0.15) is 0 Å². The molecule has 0 bridgehead atoms. The first-order valence-corrected chi connectivity index (χ1v) is 24.1. The van der Waals surface area contributed by atoms with Gasteiger partial charge in [-0.15, -0.1) is 0 Å². The Hall–Kier alpha value is -5.80. The van der Waals surface area contributed by atoms with Crippen LogP contribution in [-0.4, -0.2) is 11.3 Å². The lowest BCUT2D eigenvalue weighted by molar-refractivity contribution is 0.331. The number of fused-ring (bicyclic) bond motifs is 11. The highest BCUT2D eigenvalue weighted by atomic mass is 15.2. The van der Waals surface area contributed by atoms with Crippen LogP contribution in [0.5, 0.6) is 0 Å². The molecule has 0 atom stereocenters. The molecule has 0 amide bonds. The number of nitrogens with zero attached hydrogens (tertiary/aromatic N) is 2. The van der Waals surface area contributed by atoms with Crippen molar-refractivity contribution in [1.82, 2.24) is 4.48 Å². The van der Waals surface area contributed by atoms with E-state index in [1.807, 2.05) is 0 Å². The Morgan fingerprint density at radius 1 is 0.453 bits per heavy atom. The Morgan fingerprint density at radius 2 is 1.08 bits per heavy atom. The molecule has 2 nitrogen and oxygen atoms in total. The number of aromatic nitrogens is 1. The summed E-state index contributed by atoms with van der Waals surface area (Å²) in [6, 6.07) is 50.2. The zero-order valence-electron chi connectivity index (χ0n) is 39.4. The molecule has 0 unspecified atom stereocenters. The maximum atomic E-state index is 2.80. The summed E-state index contributed by atoms with van der Waals surface area (Å²) in [5.74, 6) is 0. The molecule has 316 valence electrons. The van der Waals surface area contributed by atoms with Crippen LogP contribution >= 0.6 is 0 Å². The molecule has 3 heteroatoms. The Kier molecular flexibility index (Phi) is 7.43. The predicted molar refractivity (Wildman–Crippen MR) is 274 cm³/mol. The average molecular weight is 831 g/mol. The normalized spacial score (nSPS) is 20.0. The van der Waals surface area contributed by atoms with Crippen LogP contribution in [0.15, 0.2) is 133 Å². The second-order valence-corrected chi connectivity index (χ2v) is 23.4. The quantitative estimate of drug-likeness (QED) is 0.158. The number of allylic oxidation sites excluding steroid dienone is 1. The molecule has 2 aliphatic heterocycles. The zero-order valence-corrected chi connectivity index (χ0v) is 39.4. The molecular weight excluding hydrogens is 771 g/mol. The van der Waals surface area contributed by atoms with Gasteiger partial charge in [0.15, 0.2) is 0 Å². The van der Waals surface area contributed by atoms with Gasteiger partial charge in [-0.05, 0) is 156 Å². The molecule has 3 heterocycles. The molecule has 0 fully saturated rings. The van der Waals surface area contributed by atoms with E-state index in [1.165, 1.54) is 136 Å². The fourth-order valence-corrected chi connectivity index (χ4v) is 13.5. The third-order valence-corrected chi connectivity index (χ3v) is 17.5. The van der Waals surface area contributed by atoms with Gasteiger partial charge in [0.2, 0.25) is 0 Å². The van der Waals surface area contributed by atoms with E-state index in [4.69, 9.17) is 0 Å². The standard InChI is InChI=1S/C61H59BN2/c1-57(2)25-26-58(3,4)48-33-40(23-24-46(48)57)63-52-32-39(36-17-12-11-13-18-36)30-44-42-22-16-21-41-43-29-37-19-14-15-20-38(37)31-51(43)64(54(41)42)62(53(44)52)56-55(63)45-34-49-50(35-47(45)61(56,9)10)60(7,8)28-27-59(49,5)6/h11-24,29-35H,25-28H2,1-10H3. The first kappa shape index (κ1) is 38.6. The molecule has 8 aromatic rings. The van der Waals surface area contributed by atoms with Crippen LogP contribution in [0.25, 0.3) is 60.5 Å². The minimum atomic E-state index is -0.269. The van der Waals surface area contributed by atoms with E-state index in [-0.39, 0.29) is 33.9 Å². The van der Waals surface area contributed by atoms with Gasteiger partial charge in [-0.1, -0.05) is 154 Å². The lowest BCUT2D eigenvalue weighted by Gasteiger charge is -2.45. The second-order valence-electron chi connectivity index (χ2n) is 23.4. The summed E-state index contributed by atoms with van der Waals surface area (Å²) in [5.41, 5.74) is 23.8. The third-order valence-electron chi connectivity index (χ3n) is 17.5. The Labute approximate surface area is 380 Å². The Balaban J connectivity index is 1.22. The maximum Gasteiger partial charge on any atom is 0.329 e. The van der Waals surface area contributed by atoms with Crippen molar-refractivity contribution >= 4 is 62.0 Å². The van der Waals surface area contributed by atoms with Crippen molar-refractivity contribution in [3.05, 3.63) is 166 Å². The van der Waals surface area contributed by atoms with Crippen LogP contribution in [0.4, 0.5) is 11.4 Å². The van der Waals surface area contributed by atoms with Crippen molar-refractivity contribution in [1.29, 1.82) is 0 Å². The lowest BCUT2D eigenvalue weighted by atomic mass is 9.40. The highest BCUT2D eigenvalue weighted by molar-refractivity contribution is 6.85. The number of anilines is 2. The van der Waals surface area contributed by atoms with Crippen LogP contribution in [0.1, 0.15) is 128 Å². The van der Waals surface area contributed by atoms with Crippen LogP contribution in [0.3, 0.4) is 0 Å². The van der Waals surface area contributed by atoms with Crippen LogP contribution in [-0.2, 0) is 27.1 Å². The van der Waals surface area contributed by atoms with Crippen molar-refractivity contribution in [3.63, 3.8) is 0 Å². The largest absolute Gasteiger partial charge is 0.376 e. The van der Waals surface area contributed by atoms with Crippen molar-refractivity contribution in [2.24, 2.45) is 0 Å². The molecular formula is C61H59BN2. The van der Waals surface area contributed by atoms with E-state index >= 15 is 0 Å². The van der Waals surface area contributed by atoms with E-state index in [0.717, 1.165) is 0 Å². The summed E-state index contributed by atoms with van der Waals surface area (Å²) in [6.45, 7) is 24.9. The number of para-hydroxylation sites is 1. The van der Waals surface area contributed by atoms with E-state index in [9.17, 15) is 0 Å². The van der Waals surface area contributed by atoms with Crippen molar-refractivity contribution in [2.45, 2.75) is 122 Å². The van der Waals surface area contributed by atoms with E-state index in [0.29, 0.717) is 0 Å². The summed E-state index contributed by atoms with van der Waals surface area (Å²) < 4.78 is 2.80. The molecule has 0 saturated carbocycles. The van der Waals surface area contributed by atoms with Gasteiger partial charge in [0, 0.05) is 55.4 Å². The zero-order chi connectivity index (χ0) is 44.0. The van der Waals surface area contributed by atoms with Gasteiger partial charge < -0.3 is 9.38 Å². The lowest BCUT2D eigenvalue weighted by Crippen LogP contribution is -2.52. The topological polar surface area (TPSA) is 8.17 Å². The maximum absolute atomic E-state index is 2.80. The summed E-state index contributed by atoms with van der Waals surface area (Å²) in [6.07, 6.45) is 4.77. The highest BCUT2D eigenvalue weighted by Gasteiger charge is 2.54. The minimum absolute atomic E-state index is 0.00872. The average Bonchev–Trinajstić information content (AvgIpc) is 3.72. The molecule has 0 radical (unpaired) electrons. The Morgan fingerprint density at radius 3 is 1.78 bits per heavy atom. The van der Waals surface area contributed by atoms with Gasteiger partial charge in [-0.3, -0.25) is 0 Å². The summed E-state index contributed by atoms with van der Waals surface area (Å²) in [7, 11) is 0. The van der Waals surface area contributed by atoms with Gasteiger partial charge in [0.1, 0.15) is 0 Å². The second kappa shape index (κ2) is 12.3. The molecule has 0 saturated heterocycles. The van der Waals surface area contributed by atoms with Crippen LogP contribution in [0, 0.1) is 0 Å². The van der Waals surface area contributed by atoms with E-state index in [2.05, 4.69) is 206 Å². The fourth-order valence-electron chi connectivity index (χ4n) is 13.5. The van der Waals surface area contributed by atoms with Crippen molar-refractivity contribution < 1.29 is 0 Å². The minimum Gasteiger partial charge on any atom is -0.376 e. The SMILES string of the molecule is CC1(C)CCC(C)(C)c2cc(N3C4=C(B5c6c(cc(-c7ccccc7)cc63)-c3cccc6c7cc8ccccc8cc7n5c36)C(C)(C)c3cc5c(cc34)C(C)(C)CCC5(C)C)ccc21. The molecule has 1 aromatic heterocycles. The molecule has 3 aliphatic carbocycles. The number of rotatable bonds is 2. The van der Waals surface area contributed by atoms with E-state index < -0.39 is 0 Å². The van der Waals surface area contributed by atoms with Gasteiger partial charge in [0.05, 0.1) is 0 Å². The van der Waals surface area contributed by atoms with Gasteiger partial charge in [-0.25, -0.2) is 0 Å². The fraction of sp³-hybridized carbons (Fsp3) is 0.311. The molecule has 64 heavy (non-hydrogen) atoms.